The molecule has 0 radical (unpaired) electrons. The van der Waals surface area contributed by atoms with Gasteiger partial charge in [-0.3, -0.25) is 0 Å². The van der Waals surface area contributed by atoms with Crippen LogP contribution in [0.1, 0.15) is 32.3 Å². The van der Waals surface area contributed by atoms with Crippen molar-refractivity contribution in [3.8, 4) is 0 Å². The van der Waals surface area contributed by atoms with Gasteiger partial charge >= 0.3 is 0 Å². The smallest absolute Gasteiger partial charge is 0.0720 e. The zero-order chi connectivity index (χ0) is 12.8. The summed E-state index contributed by atoms with van der Waals surface area (Å²) in [6, 6.07) is 10.4. The summed E-state index contributed by atoms with van der Waals surface area (Å²) < 4.78 is 6.08. The third-order valence-corrected chi connectivity index (χ3v) is 3.46. The van der Waals surface area contributed by atoms with Gasteiger partial charge in [0.1, 0.15) is 0 Å². The summed E-state index contributed by atoms with van der Waals surface area (Å²) in [5, 5.41) is 3.48. The summed E-state index contributed by atoms with van der Waals surface area (Å²) in [5.41, 5.74) is 2.60. The maximum absolute atomic E-state index is 6.08. The highest BCUT2D eigenvalue weighted by Gasteiger charge is 2.24. The molecular weight excluding hydrogens is 222 g/mol. The van der Waals surface area contributed by atoms with Crippen LogP contribution in [0.5, 0.6) is 0 Å². The molecule has 0 saturated carbocycles. The Labute approximate surface area is 110 Å². The largest absolute Gasteiger partial charge is 0.388 e. The maximum atomic E-state index is 6.08. The second-order valence-corrected chi connectivity index (χ2v) is 5.03. The van der Waals surface area contributed by atoms with Gasteiger partial charge in [0.05, 0.1) is 12.7 Å². The molecule has 1 N–H and O–H groups in total. The van der Waals surface area contributed by atoms with E-state index < -0.39 is 0 Å². The van der Waals surface area contributed by atoms with Crippen molar-refractivity contribution in [3.05, 3.63) is 47.7 Å². The highest BCUT2D eigenvalue weighted by atomic mass is 16.5. The molecule has 2 rings (SSSR count). The lowest BCUT2D eigenvalue weighted by Gasteiger charge is -2.32. The molecule has 0 amide bonds. The fourth-order valence-corrected chi connectivity index (χ4v) is 2.32. The van der Waals surface area contributed by atoms with Gasteiger partial charge in [-0.1, -0.05) is 50.3 Å². The number of nitrogens with one attached hydrogen (secondary N) is 1. The maximum Gasteiger partial charge on any atom is 0.0720 e. The molecule has 0 bridgehead atoms. The molecule has 0 aliphatic carbocycles. The molecule has 1 aromatic rings. The van der Waals surface area contributed by atoms with Crippen LogP contribution in [0.25, 0.3) is 0 Å². The normalized spacial score (nSPS) is 26.0. The number of piperidine rings is 1. The molecule has 2 atom stereocenters. The second-order valence-electron chi connectivity index (χ2n) is 5.03. The van der Waals surface area contributed by atoms with E-state index in [4.69, 9.17) is 4.74 Å². The zero-order valence-corrected chi connectivity index (χ0v) is 11.4. The van der Waals surface area contributed by atoms with Crippen LogP contribution in [0.3, 0.4) is 0 Å². The fraction of sp³-hybridized carbons (Fsp3) is 0.500. The van der Waals surface area contributed by atoms with Crippen molar-refractivity contribution in [2.75, 3.05) is 6.54 Å². The van der Waals surface area contributed by atoms with Crippen LogP contribution in [0, 0.1) is 5.92 Å². The summed E-state index contributed by atoms with van der Waals surface area (Å²) in [6.45, 7) is 6.17. The Bertz CT molecular complexity index is 385. The van der Waals surface area contributed by atoms with Gasteiger partial charge in [0.15, 0.2) is 0 Å². The molecule has 1 aliphatic rings. The van der Waals surface area contributed by atoms with Crippen LogP contribution < -0.4 is 5.32 Å². The molecular formula is C16H23NO. The molecule has 1 saturated heterocycles. The van der Waals surface area contributed by atoms with Gasteiger partial charge in [-0.2, -0.15) is 0 Å². The van der Waals surface area contributed by atoms with Gasteiger partial charge in [-0.15, -0.1) is 0 Å². The minimum Gasteiger partial charge on any atom is -0.388 e. The SMILES string of the molecule is CC/C=C1\CC(OCc2ccccc2)[C@H](C)CN1. The average Bonchev–Trinajstić information content (AvgIpc) is 2.41. The lowest BCUT2D eigenvalue weighted by atomic mass is 9.95. The zero-order valence-electron chi connectivity index (χ0n) is 11.4. The van der Waals surface area contributed by atoms with Gasteiger partial charge in [-0.25, -0.2) is 0 Å². The average molecular weight is 245 g/mol. The van der Waals surface area contributed by atoms with Crippen LogP contribution in [0.4, 0.5) is 0 Å². The van der Waals surface area contributed by atoms with E-state index in [9.17, 15) is 0 Å². The quantitative estimate of drug-likeness (QED) is 0.876. The predicted molar refractivity (Wildman–Crippen MR) is 75.2 cm³/mol. The lowest BCUT2D eigenvalue weighted by Crippen LogP contribution is -2.38. The summed E-state index contributed by atoms with van der Waals surface area (Å²) in [7, 11) is 0. The van der Waals surface area contributed by atoms with E-state index in [1.807, 2.05) is 6.07 Å². The third-order valence-electron chi connectivity index (χ3n) is 3.46. The van der Waals surface area contributed by atoms with Crippen LogP contribution in [0.15, 0.2) is 42.1 Å². The number of ether oxygens (including phenoxy) is 1. The number of benzene rings is 1. The highest BCUT2D eigenvalue weighted by Crippen LogP contribution is 2.22. The van der Waals surface area contributed by atoms with Crippen molar-refractivity contribution >= 4 is 0 Å². The van der Waals surface area contributed by atoms with Gasteiger partial charge in [-0.05, 0) is 17.9 Å². The molecule has 1 heterocycles. The molecule has 0 spiro atoms. The van der Waals surface area contributed by atoms with Gasteiger partial charge < -0.3 is 10.1 Å². The van der Waals surface area contributed by atoms with E-state index in [-0.39, 0.29) is 0 Å². The first-order chi connectivity index (χ1) is 8.79. The summed E-state index contributed by atoms with van der Waals surface area (Å²) in [6.07, 6.45) is 4.71. The van der Waals surface area contributed by atoms with Gasteiger partial charge in [0.25, 0.3) is 0 Å². The van der Waals surface area contributed by atoms with Crippen LogP contribution >= 0.6 is 0 Å². The van der Waals surface area contributed by atoms with Gasteiger partial charge in [0, 0.05) is 18.7 Å². The lowest BCUT2D eigenvalue weighted by molar-refractivity contribution is -0.00229. The number of rotatable bonds is 4. The van der Waals surface area contributed by atoms with Crippen molar-refractivity contribution in [2.24, 2.45) is 5.92 Å². The fourth-order valence-electron chi connectivity index (χ4n) is 2.32. The Morgan fingerprint density at radius 3 is 2.83 bits per heavy atom. The van der Waals surface area contributed by atoms with Crippen molar-refractivity contribution in [3.63, 3.8) is 0 Å². The van der Waals surface area contributed by atoms with Crippen LogP contribution in [0.2, 0.25) is 0 Å². The van der Waals surface area contributed by atoms with Crippen molar-refractivity contribution in [1.29, 1.82) is 0 Å². The third kappa shape index (κ3) is 3.61. The van der Waals surface area contributed by atoms with Gasteiger partial charge in [0.2, 0.25) is 0 Å². The van der Waals surface area contributed by atoms with E-state index in [2.05, 4.69) is 49.5 Å². The number of hydrogen-bond donors (Lipinski definition) is 1. The monoisotopic (exact) mass is 245 g/mol. The second kappa shape index (κ2) is 6.60. The number of hydrogen-bond acceptors (Lipinski definition) is 2. The summed E-state index contributed by atoms with van der Waals surface area (Å²) in [5.74, 6) is 0.572. The van der Waals surface area contributed by atoms with Crippen molar-refractivity contribution < 1.29 is 4.74 Å². The minimum atomic E-state index is 0.337. The molecule has 1 fully saturated rings. The van der Waals surface area contributed by atoms with Crippen LogP contribution in [-0.2, 0) is 11.3 Å². The van der Waals surface area contributed by atoms with Crippen LogP contribution in [-0.4, -0.2) is 12.6 Å². The molecule has 1 aromatic carbocycles. The summed E-state index contributed by atoms with van der Waals surface area (Å²) in [4.78, 5) is 0. The predicted octanol–water partition coefficient (Wildman–Crippen LogP) is 3.50. The first kappa shape index (κ1) is 13.2. The van der Waals surface area contributed by atoms with E-state index >= 15 is 0 Å². The molecule has 0 aromatic heterocycles. The summed E-state index contributed by atoms with van der Waals surface area (Å²) >= 11 is 0. The Kier molecular flexibility index (Phi) is 4.82. The molecule has 18 heavy (non-hydrogen) atoms. The molecule has 2 heteroatoms. The van der Waals surface area contributed by atoms with E-state index in [1.165, 1.54) is 11.3 Å². The molecule has 1 aliphatic heterocycles. The Morgan fingerprint density at radius 2 is 2.11 bits per heavy atom. The first-order valence-corrected chi connectivity index (χ1v) is 6.88. The van der Waals surface area contributed by atoms with Crippen molar-refractivity contribution in [1.82, 2.24) is 5.32 Å². The Morgan fingerprint density at radius 1 is 1.33 bits per heavy atom. The molecule has 1 unspecified atom stereocenters. The van der Waals surface area contributed by atoms with E-state index in [1.54, 1.807) is 0 Å². The van der Waals surface area contributed by atoms with E-state index in [0.717, 1.165) is 26.0 Å². The first-order valence-electron chi connectivity index (χ1n) is 6.88. The topological polar surface area (TPSA) is 21.3 Å². The Hall–Kier alpha value is -1.28. The van der Waals surface area contributed by atoms with E-state index in [0.29, 0.717) is 12.0 Å². The standard InChI is InChI=1S/C16H23NO/c1-3-7-15-10-16(13(2)11-17-15)18-12-14-8-5-4-6-9-14/h4-9,13,16-17H,3,10-12H2,1-2H3/b15-7+/t13-,16?/m1/s1. The molecule has 2 nitrogen and oxygen atoms in total. The minimum absolute atomic E-state index is 0.337. The Balaban J connectivity index is 1.89. The van der Waals surface area contributed by atoms with Crippen molar-refractivity contribution in [2.45, 2.75) is 39.4 Å². The highest BCUT2D eigenvalue weighted by molar-refractivity contribution is 5.13. The molecule has 98 valence electrons. The number of allylic oxidation sites excluding steroid dienone is 1.